The lowest BCUT2D eigenvalue weighted by atomic mass is 9.88. The zero-order chi connectivity index (χ0) is 16.8. The molecule has 0 radical (unpaired) electrons. The molecule has 126 valence electrons. The molecule has 2 rings (SSSR count). The molecular weight excluding hydrogens is 312 g/mol. The number of fused-ring (bicyclic) bond motifs is 1. The Morgan fingerprint density at radius 1 is 1.48 bits per heavy atom. The fraction of sp³-hybridized carbons (Fsp3) is 0.529. The fourth-order valence-electron chi connectivity index (χ4n) is 2.72. The molecule has 0 aromatic carbocycles. The predicted molar refractivity (Wildman–Crippen MR) is 93.2 cm³/mol. The first-order chi connectivity index (χ1) is 11.1. The van der Waals surface area contributed by atoms with Crippen LogP contribution < -0.4 is 10.6 Å². The van der Waals surface area contributed by atoms with Crippen molar-refractivity contribution in [2.45, 2.75) is 33.1 Å². The molecular formula is C17H24N2O3S. The van der Waals surface area contributed by atoms with E-state index in [-0.39, 0.29) is 18.4 Å². The molecule has 1 aromatic heterocycles. The van der Waals surface area contributed by atoms with Crippen molar-refractivity contribution in [3.05, 3.63) is 28.7 Å². The number of ether oxygens (including phenoxy) is 1. The summed E-state index contributed by atoms with van der Waals surface area (Å²) >= 11 is 1.51. The Hall–Kier alpha value is -1.66. The van der Waals surface area contributed by atoms with Crippen molar-refractivity contribution in [1.82, 2.24) is 5.32 Å². The van der Waals surface area contributed by atoms with Gasteiger partial charge in [-0.1, -0.05) is 13.0 Å². The summed E-state index contributed by atoms with van der Waals surface area (Å²) in [7, 11) is 0. The molecule has 1 unspecified atom stereocenters. The molecule has 0 fully saturated rings. The van der Waals surface area contributed by atoms with Crippen LogP contribution in [0, 0.1) is 5.92 Å². The van der Waals surface area contributed by atoms with Crippen molar-refractivity contribution in [2.75, 3.05) is 25.0 Å². The van der Waals surface area contributed by atoms with Crippen molar-refractivity contribution < 1.29 is 14.3 Å². The third-order valence-corrected chi connectivity index (χ3v) is 4.99. The number of rotatable bonds is 7. The zero-order valence-corrected chi connectivity index (χ0v) is 14.6. The lowest BCUT2D eigenvalue weighted by Gasteiger charge is -2.18. The van der Waals surface area contributed by atoms with Crippen LogP contribution in [0.1, 0.15) is 41.1 Å². The van der Waals surface area contributed by atoms with Crippen LogP contribution in [-0.2, 0) is 22.4 Å². The van der Waals surface area contributed by atoms with E-state index in [2.05, 4.69) is 24.1 Å². The number of carbonyl (C=O) groups excluding carboxylic acids is 2. The van der Waals surface area contributed by atoms with Crippen LogP contribution in [-0.4, -0.2) is 31.6 Å². The van der Waals surface area contributed by atoms with E-state index in [9.17, 15) is 9.59 Å². The summed E-state index contributed by atoms with van der Waals surface area (Å²) in [5.74, 6) is 0.104. The third kappa shape index (κ3) is 4.42. The maximum Gasteiger partial charge on any atom is 0.341 e. The topological polar surface area (TPSA) is 67.4 Å². The van der Waals surface area contributed by atoms with Crippen LogP contribution in [0.4, 0.5) is 5.00 Å². The predicted octanol–water partition coefficient (Wildman–Crippen LogP) is 2.76. The van der Waals surface area contributed by atoms with E-state index in [1.807, 2.05) is 0 Å². The lowest BCUT2D eigenvalue weighted by molar-refractivity contribution is -0.115. The Morgan fingerprint density at radius 3 is 2.96 bits per heavy atom. The van der Waals surface area contributed by atoms with Gasteiger partial charge in [0.25, 0.3) is 0 Å². The number of thiophene rings is 1. The summed E-state index contributed by atoms with van der Waals surface area (Å²) < 4.78 is 5.19. The van der Waals surface area contributed by atoms with Crippen molar-refractivity contribution >= 4 is 28.2 Å². The van der Waals surface area contributed by atoms with Crippen LogP contribution in [0.15, 0.2) is 12.7 Å². The van der Waals surface area contributed by atoms with Crippen LogP contribution >= 0.6 is 11.3 Å². The van der Waals surface area contributed by atoms with E-state index in [0.717, 1.165) is 24.8 Å². The first-order valence-electron chi connectivity index (χ1n) is 7.99. The first-order valence-corrected chi connectivity index (χ1v) is 8.81. The molecule has 1 aliphatic rings. The van der Waals surface area contributed by atoms with E-state index in [4.69, 9.17) is 4.74 Å². The van der Waals surface area contributed by atoms with Crippen molar-refractivity contribution in [3.63, 3.8) is 0 Å². The van der Waals surface area contributed by atoms with Gasteiger partial charge in [-0.05, 0) is 37.7 Å². The number of amides is 1. The van der Waals surface area contributed by atoms with Gasteiger partial charge in [0.05, 0.1) is 18.7 Å². The van der Waals surface area contributed by atoms with E-state index >= 15 is 0 Å². The highest BCUT2D eigenvalue weighted by molar-refractivity contribution is 7.17. The maximum atomic E-state index is 12.3. The molecule has 0 bridgehead atoms. The Bertz CT molecular complexity index is 595. The van der Waals surface area contributed by atoms with Crippen LogP contribution in [0.2, 0.25) is 0 Å². The molecule has 1 atom stereocenters. The number of carbonyl (C=O) groups is 2. The Labute approximate surface area is 141 Å². The molecule has 2 N–H and O–H groups in total. The fourth-order valence-corrected chi connectivity index (χ4v) is 4.13. The molecule has 5 nitrogen and oxygen atoms in total. The molecule has 0 aliphatic heterocycles. The zero-order valence-electron chi connectivity index (χ0n) is 13.7. The maximum absolute atomic E-state index is 12.3. The monoisotopic (exact) mass is 336 g/mol. The highest BCUT2D eigenvalue weighted by Crippen LogP contribution is 2.40. The lowest BCUT2D eigenvalue weighted by Crippen LogP contribution is -2.28. The summed E-state index contributed by atoms with van der Waals surface area (Å²) in [6.45, 7) is 8.68. The highest BCUT2D eigenvalue weighted by Gasteiger charge is 2.28. The number of hydrogen-bond donors (Lipinski definition) is 2. The molecule has 0 saturated carbocycles. The molecule has 1 amide bonds. The Morgan fingerprint density at radius 2 is 2.26 bits per heavy atom. The third-order valence-electron chi connectivity index (χ3n) is 3.82. The van der Waals surface area contributed by atoms with Gasteiger partial charge in [0, 0.05) is 11.4 Å². The largest absolute Gasteiger partial charge is 0.462 e. The number of esters is 1. The molecule has 1 aromatic rings. The van der Waals surface area contributed by atoms with Gasteiger partial charge in [-0.2, -0.15) is 0 Å². The van der Waals surface area contributed by atoms with Gasteiger partial charge < -0.3 is 15.4 Å². The van der Waals surface area contributed by atoms with Crippen LogP contribution in [0.3, 0.4) is 0 Å². The second-order valence-electron chi connectivity index (χ2n) is 5.74. The summed E-state index contributed by atoms with van der Waals surface area (Å²) in [5.41, 5.74) is 1.61. The van der Waals surface area contributed by atoms with Gasteiger partial charge >= 0.3 is 5.97 Å². The van der Waals surface area contributed by atoms with Gasteiger partial charge in [-0.15, -0.1) is 17.9 Å². The van der Waals surface area contributed by atoms with E-state index in [1.165, 1.54) is 16.2 Å². The minimum Gasteiger partial charge on any atom is -0.462 e. The van der Waals surface area contributed by atoms with E-state index in [0.29, 0.717) is 29.6 Å². The summed E-state index contributed by atoms with van der Waals surface area (Å²) in [6.07, 6.45) is 4.58. The SMILES string of the molecule is C=CCNCC(=O)Nc1sc2c(c1C(=O)OCC)CCC(C)C2. The smallest absolute Gasteiger partial charge is 0.341 e. The molecule has 0 saturated heterocycles. The average Bonchev–Trinajstić information content (AvgIpc) is 2.84. The van der Waals surface area contributed by atoms with Gasteiger partial charge in [0.15, 0.2) is 0 Å². The van der Waals surface area contributed by atoms with E-state index < -0.39 is 0 Å². The minimum atomic E-state index is -0.339. The summed E-state index contributed by atoms with van der Waals surface area (Å²) in [4.78, 5) is 25.6. The summed E-state index contributed by atoms with van der Waals surface area (Å²) in [5, 5.41) is 6.44. The van der Waals surface area contributed by atoms with Crippen molar-refractivity contribution in [3.8, 4) is 0 Å². The quantitative estimate of drug-likeness (QED) is 0.456. The van der Waals surface area contributed by atoms with Gasteiger partial charge in [0.1, 0.15) is 5.00 Å². The Kier molecular flexibility index (Phi) is 6.36. The van der Waals surface area contributed by atoms with Crippen LogP contribution in [0.25, 0.3) is 0 Å². The molecule has 6 heteroatoms. The molecule has 0 spiro atoms. The Balaban J connectivity index is 2.21. The van der Waals surface area contributed by atoms with E-state index in [1.54, 1.807) is 13.0 Å². The normalized spacial score (nSPS) is 16.5. The molecule has 23 heavy (non-hydrogen) atoms. The van der Waals surface area contributed by atoms with Crippen LogP contribution in [0.5, 0.6) is 0 Å². The number of anilines is 1. The molecule has 1 heterocycles. The van der Waals surface area contributed by atoms with Gasteiger partial charge in [0.2, 0.25) is 5.91 Å². The first kappa shape index (κ1) is 17.7. The van der Waals surface area contributed by atoms with Crippen molar-refractivity contribution in [2.24, 2.45) is 5.92 Å². The number of nitrogens with one attached hydrogen (secondary N) is 2. The second kappa shape index (κ2) is 8.26. The number of hydrogen-bond acceptors (Lipinski definition) is 5. The van der Waals surface area contributed by atoms with Crippen molar-refractivity contribution in [1.29, 1.82) is 0 Å². The summed E-state index contributed by atoms with van der Waals surface area (Å²) in [6, 6.07) is 0. The molecule has 1 aliphatic carbocycles. The highest BCUT2D eigenvalue weighted by atomic mass is 32.1. The van der Waals surface area contributed by atoms with Gasteiger partial charge in [-0.3, -0.25) is 4.79 Å². The second-order valence-corrected chi connectivity index (χ2v) is 6.85. The van der Waals surface area contributed by atoms with Gasteiger partial charge in [-0.25, -0.2) is 4.79 Å². The average molecular weight is 336 g/mol. The standard InChI is InChI=1S/C17H24N2O3S/c1-4-8-18-10-14(20)19-16-15(17(21)22-5-2)12-7-6-11(3)9-13(12)23-16/h4,11,18H,1,5-10H2,2-3H3,(H,19,20). The minimum absolute atomic E-state index is 0.163.